The van der Waals surface area contributed by atoms with Crippen LogP contribution in [-0.2, 0) is 49.4 Å². The lowest BCUT2D eigenvalue weighted by Gasteiger charge is -2.36. The second-order valence-electron chi connectivity index (χ2n) is 12.0. The first-order valence-electron chi connectivity index (χ1n) is 14.4. The van der Waals surface area contributed by atoms with E-state index in [1.807, 2.05) is 30.3 Å². The Morgan fingerprint density at radius 2 is 1.70 bits per heavy atom. The van der Waals surface area contributed by atoms with Crippen molar-refractivity contribution in [2.75, 3.05) is 20.3 Å². The van der Waals surface area contributed by atoms with Gasteiger partial charge in [-0.1, -0.05) is 30.3 Å². The van der Waals surface area contributed by atoms with Crippen LogP contribution in [0, 0.1) is 0 Å². The van der Waals surface area contributed by atoms with Crippen LogP contribution < -0.4 is 10.6 Å². The Bertz CT molecular complexity index is 1120. The van der Waals surface area contributed by atoms with E-state index < -0.39 is 78.3 Å². The van der Waals surface area contributed by atoms with Gasteiger partial charge in [-0.3, -0.25) is 9.59 Å². The molecular formula is C30H45N3O10. The molecule has 2 saturated heterocycles. The van der Waals surface area contributed by atoms with E-state index in [2.05, 4.69) is 10.6 Å². The molecule has 1 aromatic carbocycles. The molecule has 3 rings (SSSR count). The largest absolute Gasteiger partial charge is 0.466 e. The summed E-state index contributed by atoms with van der Waals surface area (Å²) < 4.78 is 34.0. The standard InChI is InChI=1S/C30H45N3O10/c1-9-39-22(34)15-20(25(35)31-18(2)26(36)40-17-19-13-11-10-12-14-19)33(28(37)32-29(3,4)5)16-21-23-24(27(38-8)41-21)43-30(6,7)42-23/h10-14,18,20-21,23-24,27H,9,15-17H2,1-8H3,(H,31,35)(H,32,37)/t18-,20?,21+,23+,24+,27+/m0/s1. The molecule has 0 spiro atoms. The van der Waals surface area contributed by atoms with Gasteiger partial charge in [-0.25, -0.2) is 9.59 Å². The average molecular weight is 608 g/mol. The Kier molecular flexibility index (Phi) is 11.5. The van der Waals surface area contributed by atoms with E-state index in [9.17, 15) is 19.2 Å². The molecule has 6 atom stereocenters. The zero-order valence-corrected chi connectivity index (χ0v) is 26.2. The minimum absolute atomic E-state index is 0.0207. The van der Waals surface area contributed by atoms with Crippen LogP contribution in [0.5, 0.6) is 0 Å². The van der Waals surface area contributed by atoms with Gasteiger partial charge in [0.05, 0.1) is 19.6 Å². The predicted molar refractivity (Wildman–Crippen MR) is 153 cm³/mol. The third-order valence-corrected chi connectivity index (χ3v) is 6.74. The fourth-order valence-corrected chi connectivity index (χ4v) is 4.86. The Morgan fingerprint density at radius 1 is 1.05 bits per heavy atom. The highest BCUT2D eigenvalue weighted by molar-refractivity contribution is 5.93. The second-order valence-corrected chi connectivity index (χ2v) is 12.0. The molecule has 2 aliphatic heterocycles. The van der Waals surface area contributed by atoms with Gasteiger partial charge in [-0.2, -0.15) is 0 Å². The average Bonchev–Trinajstić information content (AvgIpc) is 3.41. The molecule has 2 heterocycles. The lowest BCUT2D eigenvalue weighted by atomic mass is 10.1. The van der Waals surface area contributed by atoms with E-state index in [1.54, 1.807) is 41.5 Å². The maximum absolute atomic E-state index is 13.7. The molecule has 0 saturated carbocycles. The number of fused-ring (bicyclic) bond motifs is 1. The molecule has 43 heavy (non-hydrogen) atoms. The molecule has 0 aliphatic carbocycles. The van der Waals surface area contributed by atoms with Gasteiger partial charge >= 0.3 is 18.0 Å². The van der Waals surface area contributed by atoms with E-state index >= 15 is 0 Å². The van der Waals surface area contributed by atoms with Gasteiger partial charge in [-0.05, 0) is 54.0 Å². The Balaban J connectivity index is 1.85. The molecule has 240 valence electrons. The van der Waals surface area contributed by atoms with Crippen LogP contribution in [0.1, 0.15) is 60.5 Å². The van der Waals surface area contributed by atoms with Gasteiger partial charge < -0.3 is 44.0 Å². The maximum atomic E-state index is 13.7. The number of hydrogen-bond acceptors (Lipinski definition) is 10. The van der Waals surface area contributed by atoms with Crippen molar-refractivity contribution < 1.29 is 47.6 Å². The first-order chi connectivity index (χ1) is 20.1. The van der Waals surface area contributed by atoms with Crippen molar-refractivity contribution in [1.29, 1.82) is 0 Å². The van der Waals surface area contributed by atoms with Gasteiger partial charge in [0.15, 0.2) is 12.1 Å². The number of nitrogens with zero attached hydrogens (tertiary/aromatic N) is 1. The SMILES string of the molecule is CCOC(=O)CC(C(=O)N[C@@H](C)C(=O)OCc1ccccc1)N(C[C@H]1O[C@@H](OC)[C@@H]2OC(C)(C)O[C@@H]21)C(=O)NC(C)(C)C. The topological polar surface area (TPSA) is 151 Å². The Hall–Kier alpha value is -3.26. The first kappa shape index (κ1) is 34.2. The minimum Gasteiger partial charge on any atom is -0.466 e. The Morgan fingerprint density at radius 3 is 2.30 bits per heavy atom. The summed E-state index contributed by atoms with van der Waals surface area (Å²) in [5.74, 6) is -3.05. The number of benzene rings is 1. The van der Waals surface area contributed by atoms with Crippen molar-refractivity contribution >= 4 is 23.9 Å². The number of hydrogen-bond donors (Lipinski definition) is 2. The number of rotatable bonds is 12. The van der Waals surface area contributed by atoms with Crippen LogP contribution in [0.4, 0.5) is 4.79 Å². The van der Waals surface area contributed by atoms with Crippen LogP contribution in [0.15, 0.2) is 30.3 Å². The Labute approximate surface area is 252 Å². The van der Waals surface area contributed by atoms with Crippen molar-refractivity contribution in [2.45, 2.75) is 110 Å². The summed E-state index contributed by atoms with van der Waals surface area (Å²) in [4.78, 5) is 54.1. The molecule has 0 radical (unpaired) electrons. The predicted octanol–water partition coefficient (Wildman–Crippen LogP) is 2.26. The smallest absolute Gasteiger partial charge is 0.328 e. The van der Waals surface area contributed by atoms with Crippen molar-refractivity contribution in [3.63, 3.8) is 0 Å². The van der Waals surface area contributed by atoms with Crippen LogP contribution in [0.25, 0.3) is 0 Å². The van der Waals surface area contributed by atoms with Crippen LogP contribution in [0.3, 0.4) is 0 Å². The molecule has 0 aromatic heterocycles. The number of carbonyl (C=O) groups is 4. The lowest BCUT2D eigenvalue weighted by Crippen LogP contribution is -2.60. The monoisotopic (exact) mass is 607 g/mol. The van der Waals surface area contributed by atoms with E-state index in [0.717, 1.165) is 5.56 Å². The maximum Gasteiger partial charge on any atom is 0.328 e. The molecule has 13 heteroatoms. The zero-order chi connectivity index (χ0) is 31.9. The fourth-order valence-electron chi connectivity index (χ4n) is 4.86. The van der Waals surface area contributed by atoms with Crippen molar-refractivity contribution in [3.05, 3.63) is 35.9 Å². The minimum atomic E-state index is -1.37. The van der Waals surface area contributed by atoms with Crippen molar-refractivity contribution in [2.24, 2.45) is 0 Å². The zero-order valence-electron chi connectivity index (χ0n) is 26.2. The third kappa shape index (κ3) is 9.62. The van der Waals surface area contributed by atoms with E-state index in [1.165, 1.54) is 18.9 Å². The summed E-state index contributed by atoms with van der Waals surface area (Å²) >= 11 is 0. The summed E-state index contributed by atoms with van der Waals surface area (Å²) in [5.41, 5.74) is 0.0999. The molecule has 13 nitrogen and oxygen atoms in total. The molecule has 3 amide bonds. The summed E-state index contributed by atoms with van der Waals surface area (Å²) in [7, 11) is 1.47. The molecule has 2 N–H and O–H groups in total. The number of esters is 2. The van der Waals surface area contributed by atoms with Gasteiger partial charge in [0.25, 0.3) is 0 Å². The van der Waals surface area contributed by atoms with Gasteiger partial charge in [-0.15, -0.1) is 0 Å². The summed E-state index contributed by atoms with van der Waals surface area (Å²) in [6, 6.07) is 6.02. The van der Waals surface area contributed by atoms with Gasteiger partial charge in [0.2, 0.25) is 5.91 Å². The summed E-state index contributed by atoms with van der Waals surface area (Å²) in [6.07, 6.45) is -3.22. The number of carbonyl (C=O) groups excluding carboxylic acids is 4. The van der Waals surface area contributed by atoms with E-state index in [-0.39, 0.29) is 19.8 Å². The highest BCUT2D eigenvalue weighted by Crippen LogP contribution is 2.39. The number of nitrogens with one attached hydrogen (secondary N) is 2. The molecule has 1 unspecified atom stereocenters. The number of ether oxygens (including phenoxy) is 6. The summed E-state index contributed by atoms with van der Waals surface area (Å²) in [6.45, 7) is 11.9. The number of amides is 3. The normalized spacial score (nSPS) is 23.9. The fraction of sp³-hybridized carbons (Fsp3) is 0.667. The van der Waals surface area contributed by atoms with Crippen LogP contribution in [-0.4, -0.2) is 97.0 Å². The third-order valence-electron chi connectivity index (χ3n) is 6.74. The highest BCUT2D eigenvalue weighted by Gasteiger charge is 2.56. The highest BCUT2D eigenvalue weighted by atomic mass is 16.8. The quantitative estimate of drug-likeness (QED) is 0.339. The van der Waals surface area contributed by atoms with E-state index in [0.29, 0.717) is 0 Å². The molecule has 2 aliphatic rings. The molecule has 2 fully saturated rings. The van der Waals surface area contributed by atoms with Gasteiger partial charge in [0.1, 0.15) is 37.0 Å². The molecule has 1 aromatic rings. The van der Waals surface area contributed by atoms with E-state index in [4.69, 9.17) is 28.4 Å². The van der Waals surface area contributed by atoms with Crippen molar-refractivity contribution in [1.82, 2.24) is 15.5 Å². The van der Waals surface area contributed by atoms with Crippen molar-refractivity contribution in [3.8, 4) is 0 Å². The van der Waals surface area contributed by atoms with Crippen LogP contribution in [0.2, 0.25) is 0 Å². The number of urea groups is 1. The van der Waals surface area contributed by atoms with Crippen LogP contribution >= 0.6 is 0 Å². The molecular weight excluding hydrogens is 562 g/mol. The second kappa shape index (κ2) is 14.5. The molecule has 0 bridgehead atoms. The summed E-state index contributed by atoms with van der Waals surface area (Å²) in [5, 5.41) is 5.46. The lowest BCUT2D eigenvalue weighted by molar-refractivity contribution is -0.228. The number of methoxy groups -OCH3 is 1. The van der Waals surface area contributed by atoms with Gasteiger partial charge in [0, 0.05) is 12.6 Å². The first-order valence-corrected chi connectivity index (χ1v) is 14.4.